The van der Waals surface area contributed by atoms with Gasteiger partial charge in [0.1, 0.15) is 18.1 Å². The highest BCUT2D eigenvalue weighted by Crippen LogP contribution is 2.22. The third kappa shape index (κ3) is 4.43. The number of hydrogen-bond donors (Lipinski definition) is 2. The minimum Gasteiger partial charge on any atom is -0.479 e. The Labute approximate surface area is 149 Å². The molecule has 0 bridgehead atoms. The first kappa shape index (κ1) is 16.7. The number of halogens is 1. The summed E-state index contributed by atoms with van der Waals surface area (Å²) in [7, 11) is 0. The molecule has 0 atom stereocenters. The van der Waals surface area contributed by atoms with Gasteiger partial charge in [0.25, 0.3) is 5.91 Å². The zero-order valence-electron chi connectivity index (χ0n) is 13.1. The van der Waals surface area contributed by atoms with Crippen molar-refractivity contribution < 1.29 is 13.9 Å². The molecule has 0 saturated carbocycles. The van der Waals surface area contributed by atoms with Crippen LogP contribution in [0.5, 0.6) is 5.75 Å². The number of rotatable bonds is 5. The minimum absolute atomic E-state index is 0.185. The van der Waals surface area contributed by atoms with Crippen molar-refractivity contribution in [3.05, 3.63) is 59.4 Å². The van der Waals surface area contributed by atoms with E-state index in [0.717, 1.165) is 0 Å². The van der Waals surface area contributed by atoms with E-state index in [2.05, 4.69) is 27.4 Å². The van der Waals surface area contributed by atoms with Gasteiger partial charge >= 0.3 is 0 Å². The topological polar surface area (TPSA) is 80.1 Å². The molecule has 0 aliphatic carbocycles. The fraction of sp³-hybridized carbons (Fsp3) is 0.111. The van der Waals surface area contributed by atoms with Crippen molar-refractivity contribution in [3.63, 3.8) is 0 Å². The smallest absolute Gasteiger partial charge is 0.272 e. The van der Waals surface area contributed by atoms with Gasteiger partial charge in [0.15, 0.2) is 11.5 Å². The Morgan fingerprint density at radius 1 is 1.28 bits per heavy atom. The van der Waals surface area contributed by atoms with E-state index in [4.69, 9.17) is 20.8 Å². The van der Waals surface area contributed by atoms with Crippen LogP contribution in [0.15, 0.2) is 53.1 Å². The van der Waals surface area contributed by atoms with Gasteiger partial charge in [0.05, 0.1) is 17.8 Å². The number of furan rings is 1. The first-order valence-corrected chi connectivity index (χ1v) is 7.82. The molecule has 7 heteroatoms. The minimum atomic E-state index is -0.324. The summed E-state index contributed by atoms with van der Waals surface area (Å²) >= 11 is 5.97. The molecule has 0 fully saturated rings. The van der Waals surface area contributed by atoms with Crippen LogP contribution in [0.3, 0.4) is 0 Å². The average Bonchev–Trinajstić information content (AvgIpc) is 3.30. The van der Waals surface area contributed by atoms with Crippen LogP contribution in [0, 0.1) is 11.8 Å². The van der Waals surface area contributed by atoms with Crippen LogP contribution >= 0.6 is 11.6 Å². The third-order valence-electron chi connectivity index (χ3n) is 3.20. The normalized spacial score (nSPS) is 9.96. The van der Waals surface area contributed by atoms with Crippen molar-refractivity contribution in [3.8, 4) is 29.0 Å². The predicted octanol–water partition coefficient (Wildman–Crippen LogP) is 3.14. The maximum absolute atomic E-state index is 12.0. The molecule has 0 aliphatic heterocycles. The molecule has 3 rings (SSSR count). The van der Waals surface area contributed by atoms with Crippen LogP contribution in [0.2, 0.25) is 5.02 Å². The fourth-order valence-corrected chi connectivity index (χ4v) is 2.19. The number of carbonyl (C=O) groups excluding carboxylic acids is 1. The molecule has 6 nitrogen and oxygen atoms in total. The van der Waals surface area contributed by atoms with Gasteiger partial charge in [0.2, 0.25) is 0 Å². The Balaban J connectivity index is 1.45. The molecular weight excluding hydrogens is 342 g/mol. The predicted molar refractivity (Wildman–Crippen MR) is 93.3 cm³/mol. The largest absolute Gasteiger partial charge is 0.479 e. The first-order valence-electron chi connectivity index (χ1n) is 7.44. The van der Waals surface area contributed by atoms with E-state index in [9.17, 15) is 4.79 Å². The van der Waals surface area contributed by atoms with Crippen LogP contribution in [-0.4, -0.2) is 29.3 Å². The highest BCUT2D eigenvalue weighted by Gasteiger charge is 2.11. The van der Waals surface area contributed by atoms with Gasteiger partial charge < -0.3 is 14.5 Å². The number of H-pyrrole nitrogens is 1. The van der Waals surface area contributed by atoms with E-state index in [1.807, 2.05) is 12.1 Å². The molecule has 2 aromatic heterocycles. The lowest BCUT2D eigenvalue weighted by Gasteiger charge is -2.02. The van der Waals surface area contributed by atoms with Crippen molar-refractivity contribution in [1.29, 1.82) is 0 Å². The van der Waals surface area contributed by atoms with E-state index < -0.39 is 0 Å². The first-order chi connectivity index (χ1) is 12.2. The zero-order valence-corrected chi connectivity index (χ0v) is 13.8. The van der Waals surface area contributed by atoms with Crippen LogP contribution < -0.4 is 10.1 Å². The number of benzene rings is 1. The molecule has 1 aromatic carbocycles. The van der Waals surface area contributed by atoms with Gasteiger partial charge in [-0.25, -0.2) is 0 Å². The SMILES string of the molecule is O=C(NCC#CCOc1ccccc1Cl)c1cc(-c2ccco2)[nH]n1. The summed E-state index contributed by atoms with van der Waals surface area (Å²) in [4.78, 5) is 12.0. The van der Waals surface area contributed by atoms with Gasteiger partial charge in [0, 0.05) is 6.07 Å². The Bertz CT molecular complexity index is 907. The number of amides is 1. The molecule has 0 spiro atoms. The van der Waals surface area contributed by atoms with Crippen molar-refractivity contribution in [1.82, 2.24) is 15.5 Å². The highest BCUT2D eigenvalue weighted by molar-refractivity contribution is 6.32. The Hall–Kier alpha value is -3.17. The number of ether oxygens (including phenoxy) is 1. The molecule has 2 N–H and O–H groups in total. The van der Waals surface area contributed by atoms with E-state index in [0.29, 0.717) is 22.2 Å². The van der Waals surface area contributed by atoms with Crippen molar-refractivity contribution in [2.45, 2.75) is 0 Å². The molecule has 25 heavy (non-hydrogen) atoms. The van der Waals surface area contributed by atoms with Crippen molar-refractivity contribution in [2.24, 2.45) is 0 Å². The molecule has 126 valence electrons. The van der Waals surface area contributed by atoms with Crippen LogP contribution in [-0.2, 0) is 0 Å². The number of nitrogens with one attached hydrogen (secondary N) is 2. The monoisotopic (exact) mass is 355 g/mol. The van der Waals surface area contributed by atoms with Crippen LogP contribution in [0.4, 0.5) is 0 Å². The van der Waals surface area contributed by atoms with Gasteiger partial charge in [-0.3, -0.25) is 9.89 Å². The quantitative estimate of drug-likeness (QED) is 0.689. The van der Waals surface area contributed by atoms with Gasteiger partial charge in [-0.2, -0.15) is 5.10 Å². The maximum Gasteiger partial charge on any atom is 0.272 e. The van der Waals surface area contributed by atoms with Crippen molar-refractivity contribution >= 4 is 17.5 Å². The molecule has 2 heterocycles. The average molecular weight is 356 g/mol. The lowest BCUT2D eigenvalue weighted by molar-refractivity contribution is 0.0953. The maximum atomic E-state index is 12.0. The summed E-state index contributed by atoms with van der Waals surface area (Å²) < 4.78 is 10.7. The number of nitrogens with zero attached hydrogens (tertiary/aromatic N) is 1. The number of hydrogen-bond acceptors (Lipinski definition) is 4. The lowest BCUT2D eigenvalue weighted by Crippen LogP contribution is -2.24. The fourth-order valence-electron chi connectivity index (χ4n) is 2.00. The number of aromatic amines is 1. The molecule has 0 aliphatic rings. The molecule has 0 radical (unpaired) electrons. The Kier molecular flexibility index (Phi) is 5.39. The van der Waals surface area contributed by atoms with Crippen molar-refractivity contribution in [2.75, 3.05) is 13.2 Å². The number of aromatic nitrogens is 2. The zero-order chi connectivity index (χ0) is 17.5. The summed E-state index contributed by atoms with van der Waals surface area (Å²) in [5.41, 5.74) is 0.898. The Morgan fingerprint density at radius 2 is 2.16 bits per heavy atom. The van der Waals surface area contributed by atoms with Crippen LogP contribution in [0.25, 0.3) is 11.5 Å². The summed E-state index contributed by atoms with van der Waals surface area (Å²) in [5, 5.41) is 9.89. The standard InChI is InChI=1S/C18H14ClN3O3/c19-13-6-1-2-7-16(13)24-10-4-3-9-20-18(23)15-12-14(21-22-15)17-8-5-11-25-17/h1-2,5-8,11-12H,9-10H2,(H,20,23)(H,21,22). The van der Waals surface area contributed by atoms with E-state index in [1.165, 1.54) is 0 Å². The second-order valence-corrected chi connectivity index (χ2v) is 5.31. The molecular formula is C18H14ClN3O3. The van der Waals surface area contributed by atoms with E-state index >= 15 is 0 Å². The second kappa shape index (κ2) is 8.08. The molecule has 0 unspecified atom stereocenters. The van der Waals surface area contributed by atoms with Gasteiger partial charge in [-0.05, 0) is 24.3 Å². The molecule has 1 amide bonds. The van der Waals surface area contributed by atoms with E-state index in [-0.39, 0.29) is 24.8 Å². The number of carbonyl (C=O) groups is 1. The summed E-state index contributed by atoms with van der Waals surface area (Å²) in [6.07, 6.45) is 1.55. The third-order valence-corrected chi connectivity index (χ3v) is 3.51. The molecule has 3 aromatic rings. The van der Waals surface area contributed by atoms with E-state index in [1.54, 1.807) is 36.6 Å². The van der Waals surface area contributed by atoms with Gasteiger partial charge in [-0.15, -0.1) is 0 Å². The van der Waals surface area contributed by atoms with Gasteiger partial charge in [-0.1, -0.05) is 35.6 Å². The molecule has 0 saturated heterocycles. The number of para-hydroxylation sites is 1. The Morgan fingerprint density at radius 3 is 2.96 bits per heavy atom. The highest BCUT2D eigenvalue weighted by atomic mass is 35.5. The summed E-state index contributed by atoms with van der Waals surface area (Å²) in [5.74, 6) is 6.47. The summed E-state index contributed by atoms with van der Waals surface area (Å²) in [6.45, 7) is 0.373. The second-order valence-electron chi connectivity index (χ2n) is 4.90. The summed E-state index contributed by atoms with van der Waals surface area (Å²) in [6, 6.07) is 12.3. The van der Waals surface area contributed by atoms with Crippen LogP contribution in [0.1, 0.15) is 10.5 Å². The lowest BCUT2D eigenvalue weighted by atomic mass is 10.3.